The Morgan fingerprint density at radius 2 is 1.56 bits per heavy atom. The first-order valence-corrected chi connectivity index (χ1v) is 25.0. The maximum Gasteiger partial charge on any atom is 0.253 e. The van der Waals surface area contributed by atoms with Crippen LogP contribution >= 0.6 is 0 Å². The number of amides is 6. The summed E-state index contributed by atoms with van der Waals surface area (Å²) in [4.78, 5) is 95.9. The lowest BCUT2D eigenvalue weighted by atomic mass is 9.89. The standard InChI is InChI=1S/C50H78N12O8/c1-11-34(4)45(39(69-9)32-43(66)61-26-18-21-38(61)46(70-10)35(5)48(67)51-37(47-53-55-56-54-47)31-36-19-14-12-15-20-36)58(8)49(68)44(33(2)3)52-50(57(6)7)60-29-27-59(28-30-60)40(63)22-16-13-17-25-62-41(64)23-24-42(62)65/h12,14-15,19-20,23-24,33-35,37-39,44-46H,11,13,16-18,21-22,25-32H2,1-10H3,(H,51,67)(H,53,54,55,56)/b52-50+/t34-,35+,37-,38-,39+,44-,45-,46+/m0/s1. The monoisotopic (exact) mass is 975 g/mol. The minimum absolute atomic E-state index is 0.0213. The first-order chi connectivity index (χ1) is 33.5. The third kappa shape index (κ3) is 14.2. The number of guanidine groups is 1. The molecule has 1 aromatic heterocycles. The lowest BCUT2D eigenvalue weighted by Crippen LogP contribution is -2.56. The number of carbonyl (C=O) groups is 6. The molecule has 1 aromatic carbocycles. The number of unbranched alkanes of at least 4 members (excludes halogenated alkanes) is 2. The Morgan fingerprint density at radius 3 is 2.14 bits per heavy atom. The van der Waals surface area contributed by atoms with Gasteiger partial charge in [-0.1, -0.05) is 83.0 Å². The Kier molecular flexibility index (Phi) is 20.8. The van der Waals surface area contributed by atoms with Crippen LogP contribution in [0.1, 0.15) is 103 Å². The average Bonchev–Trinajstić information content (AvgIpc) is 4.14. The summed E-state index contributed by atoms with van der Waals surface area (Å²) in [6.45, 7) is 12.9. The highest BCUT2D eigenvalue weighted by Crippen LogP contribution is 2.30. The van der Waals surface area contributed by atoms with Gasteiger partial charge < -0.3 is 39.3 Å². The molecule has 5 rings (SSSR count). The lowest BCUT2D eigenvalue weighted by molar-refractivity contribution is -0.146. The molecule has 4 heterocycles. The summed E-state index contributed by atoms with van der Waals surface area (Å²) in [6.07, 6.45) is 6.38. The van der Waals surface area contributed by atoms with E-state index in [4.69, 9.17) is 14.5 Å². The number of aromatic nitrogens is 4. The molecule has 3 aliphatic rings. The fourth-order valence-electron chi connectivity index (χ4n) is 9.97. The third-order valence-corrected chi connectivity index (χ3v) is 14.2. The molecule has 20 nitrogen and oxygen atoms in total. The minimum atomic E-state index is -0.742. The molecule has 20 heteroatoms. The number of nitrogens with zero attached hydrogens (tertiary/aromatic N) is 10. The van der Waals surface area contributed by atoms with Crippen LogP contribution in [0, 0.1) is 17.8 Å². The summed E-state index contributed by atoms with van der Waals surface area (Å²) in [5.41, 5.74) is 0.997. The zero-order chi connectivity index (χ0) is 51.1. The van der Waals surface area contributed by atoms with Gasteiger partial charge in [-0.3, -0.25) is 33.7 Å². The van der Waals surface area contributed by atoms with Gasteiger partial charge in [0.15, 0.2) is 11.8 Å². The van der Waals surface area contributed by atoms with Gasteiger partial charge in [-0.05, 0) is 43.1 Å². The lowest BCUT2D eigenvalue weighted by Gasteiger charge is -2.41. The van der Waals surface area contributed by atoms with E-state index < -0.39 is 36.3 Å². The van der Waals surface area contributed by atoms with E-state index in [2.05, 4.69) is 44.7 Å². The second-order valence-electron chi connectivity index (χ2n) is 19.5. The third-order valence-electron chi connectivity index (χ3n) is 14.2. The van der Waals surface area contributed by atoms with Crippen LogP contribution in [-0.4, -0.2) is 196 Å². The van der Waals surface area contributed by atoms with E-state index in [0.29, 0.717) is 83.2 Å². The molecule has 0 radical (unpaired) electrons. The van der Waals surface area contributed by atoms with Gasteiger partial charge in [0.05, 0.1) is 42.7 Å². The Morgan fingerprint density at radius 1 is 0.886 bits per heavy atom. The molecule has 2 saturated heterocycles. The summed E-state index contributed by atoms with van der Waals surface area (Å²) in [6, 6.07) is 7.64. The van der Waals surface area contributed by atoms with Crippen LogP contribution in [0.5, 0.6) is 0 Å². The first kappa shape index (κ1) is 55.2. The molecule has 0 bridgehead atoms. The van der Waals surface area contributed by atoms with Gasteiger partial charge in [-0.2, -0.15) is 5.21 Å². The van der Waals surface area contributed by atoms with Crippen LogP contribution in [0.25, 0.3) is 0 Å². The predicted octanol–water partition coefficient (Wildman–Crippen LogP) is 3.09. The van der Waals surface area contributed by atoms with Gasteiger partial charge >= 0.3 is 0 Å². The smallest absolute Gasteiger partial charge is 0.253 e. The van der Waals surface area contributed by atoms with E-state index in [0.717, 1.165) is 24.8 Å². The van der Waals surface area contributed by atoms with Gasteiger partial charge in [0.1, 0.15) is 6.04 Å². The zero-order valence-corrected chi connectivity index (χ0v) is 43.1. The summed E-state index contributed by atoms with van der Waals surface area (Å²) in [5.74, 6) is -0.896. The van der Waals surface area contributed by atoms with Crippen molar-refractivity contribution < 1.29 is 38.2 Å². The van der Waals surface area contributed by atoms with Crippen LogP contribution in [0.4, 0.5) is 0 Å². The van der Waals surface area contributed by atoms with Crippen molar-refractivity contribution in [3.8, 4) is 0 Å². The topological polar surface area (TPSA) is 219 Å². The van der Waals surface area contributed by atoms with Gasteiger partial charge in [0.2, 0.25) is 23.6 Å². The number of piperazine rings is 1. The van der Waals surface area contributed by atoms with Gasteiger partial charge in [-0.15, -0.1) is 10.2 Å². The van der Waals surface area contributed by atoms with Gasteiger partial charge in [0.25, 0.3) is 11.8 Å². The van der Waals surface area contributed by atoms with Crippen molar-refractivity contribution in [2.75, 3.05) is 74.6 Å². The summed E-state index contributed by atoms with van der Waals surface area (Å²) >= 11 is 0. The van der Waals surface area contributed by atoms with Crippen LogP contribution < -0.4 is 5.32 Å². The van der Waals surface area contributed by atoms with E-state index in [1.54, 1.807) is 26.2 Å². The fourth-order valence-corrected chi connectivity index (χ4v) is 9.97. The van der Waals surface area contributed by atoms with Crippen molar-refractivity contribution in [1.29, 1.82) is 0 Å². The highest BCUT2D eigenvalue weighted by atomic mass is 16.5. The molecular weight excluding hydrogens is 897 g/mol. The van der Waals surface area contributed by atoms with Crippen LogP contribution in [0.3, 0.4) is 0 Å². The number of ether oxygens (including phenoxy) is 2. The Hall–Kier alpha value is -5.76. The molecular formula is C50H78N12O8. The van der Waals surface area contributed by atoms with E-state index in [9.17, 15) is 28.8 Å². The number of nitrogens with one attached hydrogen (secondary N) is 2. The van der Waals surface area contributed by atoms with Crippen LogP contribution in [-0.2, 0) is 44.7 Å². The van der Waals surface area contributed by atoms with Crippen molar-refractivity contribution in [3.05, 3.63) is 53.9 Å². The van der Waals surface area contributed by atoms with Crippen molar-refractivity contribution in [2.45, 2.75) is 129 Å². The quantitative estimate of drug-likeness (QED) is 0.0670. The van der Waals surface area contributed by atoms with Crippen LogP contribution in [0.15, 0.2) is 47.5 Å². The maximum atomic E-state index is 14.8. The van der Waals surface area contributed by atoms with Gasteiger partial charge in [-0.25, -0.2) is 4.99 Å². The maximum absolute atomic E-state index is 14.8. The highest BCUT2D eigenvalue weighted by Gasteiger charge is 2.43. The highest BCUT2D eigenvalue weighted by molar-refractivity contribution is 6.12. The molecule has 70 heavy (non-hydrogen) atoms. The normalized spacial score (nSPS) is 19.5. The van der Waals surface area contributed by atoms with E-state index in [-0.39, 0.29) is 59.7 Å². The molecule has 0 unspecified atom stereocenters. The van der Waals surface area contributed by atoms with Crippen molar-refractivity contribution >= 4 is 41.4 Å². The van der Waals surface area contributed by atoms with Gasteiger partial charge in [0, 0.05) is 99.6 Å². The number of aromatic amines is 1. The Balaban J connectivity index is 1.22. The van der Waals surface area contributed by atoms with Crippen molar-refractivity contribution in [1.82, 2.24) is 55.3 Å². The summed E-state index contributed by atoms with van der Waals surface area (Å²) in [7, 11) is 8.74. The second-order valence-corrected chi connectivity index (χ2v) is 19.5. The number of H-pyrrole nitrogens is 1. The molecule has 8 atom stereocenters. The van der Waals surface area contributed by atoms with E-state index in [1.807, 2.05) is 79.9 Å². The van der Waals surface area contributed by atoms with Crippen molar-refractivity contribution in [2.24, 2.45) is 22.7 Å². The number of likely N-dealkylation sites (N-methyl/N-ethyl adjacent to an activating group) is 1. The van der Waals surface area contributed by atoms with E-state index >= 15 is 0 Å². The SMILES string of the molecule is CC[C@H](C)[C@@H]([C@@H](CC(=O)N1CCC[C@H]1[C@H](OC)[C@@H](C)C(=O)N[C@@H](Cc1ccccc1)c1nn[nH]n1)OC)N(C)C(=O)[C@@H](/N=C(\N(C)C)N1CCN(C(=O)CCCCCN2C(=O)C=CC2=O)CC1)C(C)C. The number of benzene rings is 1. The molecule has 2 fully saturated rings. The Bertz CT molecular complexity index is 2080. The zero-order valence-electron chi connectivity index (χ0n) is 43.1. The Labute approximate surface area is 413 Å². The average molecular weight is 975 g/mol. The molecule has 3 aliphatic heterocycles. The number of tetrazole rings is 1. The largest absolute Gasteiger partial charge is 0.379 e. The molecule has 0 aliphatic carbocycles. The molecule has 2 aromatic rings. The predicted molar refractivity (Wildman–Crippen MR) is 264 cm³/mol. The summed E-state index contributed by atoms with van der Waals surface area (Å²) < 4.78 is 12.2. The first-order valence-electron chi connectivity index (χ1n) is 25.0. The number of hydrogen-bond donors (Lipinski definition) is 2. The van der Waals surface area contributed by atoms with Crippen LogP contribution in [0.2, 0.25) is 0 Å². The number of carbonyl (C=O) groups excluding carboxylic acids is 6. The number of methoxy groups -OCH3 is 2. The number of rotatable bonds is 24. The molecule has 0 saturated carbocycles. The van der Waals surface area contributed by atoms with Crippen molar-refractivity contribution in [3.63, 3.8) is 0 Å². The number of likely N-dealkylation sites (tertiary alicyclic amines) is 1. The molecule has 2 N–H and O–H groups in total. The van der Waals surface area contributed by atoms with E-state index in [1.165, 1.54) is 17.1 Å². The molecule has 0 spiro atoms. The number of hydrogen-bond acceptors (Lipinski definition) is 12. The number of imide groups is 1. The number of aliphatic imine (C=N–C) groups is 1. The minimum Gasteiger partial charge on any atom is -0.379 e. The molecule has 386 valence electrons. The summed E-state index contributed by atoms with van der Waals surface area (Å²) in [5, 5.41) is 17.6. The second kappa shape index (κ2) is 26.4. The molecule has 6 amide bonds. The fraction of sp³-hybridized carbons (Fsp3) is 0.680.